The largest absolute Gasteiger partial charge is 0.485 e. The normalized spacial score (nSPS) is 18.5. The van der Waals surface area contributed by atoms with Crippen molar-refractivity contribution in [3.8, 4) is 11.5 Å². The lowest BCUT2D eigenvalue weighted by molar-refractivity contribution is -0.142. The van der Waals surface area contributed by atoms with Crippen molar-refractivity contribution in [2.45, 2.75) is 13.0 Å². The predicted molar refractivity (Wildman–Crippen MR) is 112 cm³/mol. The van der Waals surface area contributed by atoms with Gasteiger partial charge in [0.15, 0.2) is 16.6 Å². The second-order valence-corrected chi connectivity index (χ2v) is 7.36. The second-order valence-electron chi connectivity index (χ2n) is 6.97. The number of carbonyl (C=O) groups excluding carboxylic acids is 1. The average Bonchev–Trinajstić information content (AvgIpc) is 2.74. The molecule has 2 aliphatic rings. The number of aryl methyl sites for hydroxylation is 1. The molecule has 0 unspecified atom stereocenters. The number of thiocarbonyl (C=S) groups is 1. The van der Waals surface area contributed by atoms with Gasteiger partial charge in [-0.05, 0) is 43.4 Å². The van der Waals surface area contributed by atoms with Crippen LogP contribution in [0.1, 0.15) is 5.56 Å². The molecule has 0 aliphatic carbocycles. The van der Waals surface area contributed by atoms with Crippen LogP contribution in [0.25, 0.3) is 0 Å². The smallest absolute Gasteiger partial charge is 0.267 e. The van der Waals surface area contributed by atoms with Crippen molar-refractivity contribution in [3.63, 3.8) is 0 Å². The Balaban J connectivity index is 1.29. The molecule has 0 radical (unpaired) electrons. The van der Waals surface area contributed by atoms with Crippen molar-refractivity contribution in [2.75, 3.05) is 38.1 Å². The Hall–Kier alpha value is -2.80. The van der Waals surface area contributed by atoms with E-state index < -0.39 is 6.10 Å². The van der Waals surface area contributed by atoms with Crippen LogP contribution in [0.2, 0.25) is 0 Å². The molecule has 0 aromatic heterocycles. The van der Waals surface area contributed by atoms with E-state index >= 15 is 0 Å². The quantitative estimate of drug-likeness (QED) is 0.787. The summed E-state index contributed by atoms with van der Waals surface area (Å²) in [6.45, 7) is 4.88. The van der Waals surface area contributed by atoms with E-state index in [4.69, 9.17) is 21.7 Å². The number of rotatable bonds is 2. The summed E-state index contributed by atoms with van der Waals surface area (Å²) in [4.78, 5) is 16.7. The Kier molecular flexibility index (Phi) is 5.34. The van der Waals surface area contributed by atoms with E-state index in [1.165, 1.54) is 5.56 Å². The van der Waals surface area contributed by atoms with Crippen molar-refractivity contribution in [1.29, 1.82) is 0 Å². The molecule has 6 nitrogen and oxygen atoms in total. The van der Waals surface area contributed by atoms with Gasteiger partial charge in [-0.2, -0.15) is 0 Å². The third-order valence-corrected chi connectivity index (χ3v) is 5.33. The van der Waals surface area contributed by atoms with Crippen LogP contribution in [0.15, 0.2) is 48.5 Å². The number of carbonyl (C=O) groups is 1. The van der Waals surface area contributed by atoms with Crippen LogP contribution in [0, 0.1) is 6.92 Å². The minimum Gasteiger partial charge on any atom is -0.485 e. The first-order valence-corrected chi connectivity index (χ1v) is 9.81. The van der Waals surface area contributed by atoms with E-state index in [1.807, 2.05) is 53.4 Å². The molecule has 1 N–H and O–H groups in total. The molecular weight excluding hydrogens is 374 g/mol. The summed E-state index contributed by atoms with van der Waals surface area (Å²) in [6, 6.07) is 15.5. The SMILES string of the molecule is Cc1ccc(NC(=S)N2CCN(C(=O)[C@@H]3COc4ccccc4O3)CC2)cc1. The van der Waals surface area contributed by atoms with Crippen molar-refractivity contribution in [1.82, 2.24) is 9.80 Å². The van der Waals surface area contributed by atoms with E-state index in [1.54, 1.807) is 0 Å². The summed E-state index contributed by atoms with van der Waals surface area (Å²) in [5.74, 6) is 1.27. The summed E-state index contributed by atoms with van der Waals surface area (Å²) in [5, 5.41) is 3.95. The third kappa shape index (κ3) is 4.04. The number of benzene rings is 2. The number of amides is 1. The summed E-state index contributed by atoms with van der Waals surface area (Å²) < 4.78 is 11.5. The van der Waals surface area contributed by atoms with Crippen LogP contribution in [-0.2, 0) is 4.79 Å². The van der Waals surface area contributed by atoms with E-state index in [9.17, 15) is 4.79 Å². The van der Waals surface area contributed by atoms with Gasteiger partial charge in [0.05, 0.1) is 0 Å². The predicted octanol–water partition coefficient (Wildman–Crippen LogP) is 2.68. The number of nitrogens with one attached hydrogen (secondary N) is 1. The van der Waals surface area contributed by atoms with Gasteiger partial charge in [-0.1, -0.05) is 29.8 Å². The average molecular weight is 398 g/mol. The molecule has 2 aromatic rings. The number of ether oxygens (including phenoxy) is 2. The Bertz CT molecular complexity index is 863. The molecule has 28 heavy (non-hydrogen) atoms. The fourth-order valence-corrected chi connectivity index (χ4v) is 3.61. The van der Waals surface area contributed by atoms with Crippen LogP contribution in [-0.4, -0.2) is 59.7 Å². The molecule has 2 heterocycles. The highest BCUT2D eigenvalue weighted by Crippen LogP contribution is 2.31. The lowest BCUT2D eigenvalue weighted by Crippen LogP contribution is -2.55. The van der Waals surface area contributed by atoms with E-state index in [-0.39, 0.29) is 12.5 Å². The number of hydrogen-bond donors (Lipinski definition) is 1. The van der Waals surface area contributed by atoms with Gasteiger partial charge in [-0.25, -0.2) is 0 Å². The lowest BCUT2D eigenvalue weighted by atomic mass is 10.2. The maximum atomic E-state index is 12.8. The standard InChI is InChI=1S/C21H23N3O3S/c1-15-6-8-16(9-7-15)22-21(28)24-12-10-23(11-13-24)20(25)19-14-26-17-4-2-3-5-18(17)27-19/h2-9,19H,10-14H2,1H3,(H,22,28)/t19-/m0/s1. The Morgan fingerprint density at radius 2 is 1.64 bits per heavy atom. The molecule has 0 saturated carbocycles. The molecule has 1 amide bonds. The van der Waals surface area contributed by atoms with Crippen LogP contribution in [0.3, 0.4) is 0 Å². The zero-order chi connectivity index (χ0) is 19.5. The monoisotopic (exact) mass is 397 g/mol. The van der Waals surface area contributed by atoms with Gasteiger partial charge in [0.1, 0.15) is 6.61 Å². The molecule has 146 valence electrons. The summed E-state index contributed by atoms with van der Waals surface area (Å²) >= 11 is 5.53. The highest BCUT2D eigenvalue weighted by atomic mass is 32.1. The molecule has 7 heteroatoms. The molecular formula is C21H23N3O3S. The first-order chi connectivity index (χ1) is 13.6. The highest BCUT2D eigenvalue weighted by molar-refractivity contribution is 7.80. The number of nitrogens with zero attached hydrogens (tertiary/aromatic N) is 2. The number of anilines is 1. The maximum Gasteiger partial charge on any atom is 0.267 e. The van der Waals surface area contributed by atoms with Gasteiger partial charge < -0.3 is 24.6 Å². The van der Waals surface area contributed by atoms with Crippen molar-refractivity contribution in [2.24, 2.45) is 0 Å². The number of hydrogen-bond acceptors (Lipinski definition) is 4. The topological polar surface area (TPSA) is 54.0 Å². The number of para-hydroxylation sites is 2. The minimum atomic E-state index is -0.598. The van der Waals surface area contributed by atoms with Crippen LogP contribution >= 0.6 is 12.2 Å². The molecule has 2 aliphatic heterocycles. The van der Waals surface area contributed by atoms with Crippen molar-refractivity contribution < 1.29 is 14.3 Å². The minimum absolute atomic E-state index is 0.0356. The molecule has 1 fully saturated rings. The van der Waals surface area contributed by atoms with Gasteiger partial charge >= 0.3 is 0 Å². The van der Waals surface area contributed by atoms with Gasteiger partial charge in [-0.3, -0.25) is 4.79 Å². The zero-order valence-electron chi connectivity index (χ0n) is 15.8. The summed E-state index contributed by atoms with van der Waals surface area (Å²) in [6.07, 6.45) is -0.598. The van der Waals surface area contributed by atoms with E-state index in [2.05, 4.69) is 17.1 Å². The molecule has 2 aromatic carbocycles. The van der Waals surface area contributed by atoms with Gasteiger partial charge in [0, 0.05) is 31.9 Å². The molecule has 0 spiro atoms. The third-order valence-electron chi connectivity index (χ3n) is 4.97. The summed E-state index contributed by atoms with van der Waals surface area (Å²) in [5.41, 5.74) is 2.18. The molecule has 0 bridgehead atoms. The van der Waals surface area contributed by atoms with E-state index in [0.717, 1.165) is 5.69 Å². The number of fused-ring (bicyclic) bond motifs is 1. The van der Waals surface area contributed by atoms with Crippen molar-refractivity contribution >= 4 is 28.9 Å². The Labute approximate surface area is 170 Å². The zero-order valence-corrected chi connectivity index (χ0v) is 16.6. The summed E-state index contributed by atoms with van der Waals surface area (Å²) in [7, 11) is 0. The molecule has 1 atom stereocenters. The second kappa shape index (κ2) is 8.06. The van der Waals surface area contributed by atoms with Gasteiger partial charge in [-0.15, -0.1) is 0 Å². The fraction of sp³-hybridized carbons (Fsp3) is 0.333. The van der Waals surface area contributed by atoms with Crippen LogP contribution < -0.4 is 14.8 Å². The molecule has 4 rings (SSSR count). The lowest BCUT2D eigenvalue weighted by Gasteiger charge is -2.38. The van der Waals surface area contributed by atoms with Gasteiger partial charge in [0.25, 0.3) is 5.91 Å². The number of piperazine rings is 1. The fourth-order valence-electron chi connectivity index (χ4n) is 3.31. The molecule has 1 saturated heterocycles. The Morgan fingerprint density at radius 3 is 2.36 bits per heavy atom. The first-order valence-electron chi connectivity index (χ1n) is 9.40. The van der Waals surface area contributed by atoms with E-state index in [0.29, 0.717) is 42.8 Å². The highest BCUT2D eigenvalue weighted by Gasteiger charge is 2.33. The van der Waals surface area contributed by atoms with Crippen LogP contribution in [0.4, 0.5) is 5.69 Å². The Morgan fingerprint density at radius 1 is 1.00 bits per heavy atom. The van der Waals surface area contributed by atoms with Crippen molar-refractivity contribution in [3.05, 3.63) is 54.1 Å². The maximum absolute atomic E-state index is 12.8. The van der Waals surface area contributed by atoms with Gasteiger partial charge in [0.2, 0.25) is 6.10 Å². The van der Waals surface area contributed by atoms with Crippen LogP contribution in [0.5, 0.6) is 11.5 Å². The first kappa shape index (κ1) is 18.6.